The molecule has 0 saturated carbocycles. The summed E-state index contributed by atoms with van der Waals surface area (Å²) in [5.74, 6) is 0.373. The summed E-state index contributed by atoms with van der Waals surface area (Å²) < 4.78 is 16.6. The van der Waals surface area contributed by atoms with Crippen LogP contribution in [0.4, 0.5) is 0 Å². The fraction of sp³-hybridized carbons (Fsp3) is 0.417. The molecule has 2 heterocycles. The van der Waals surface area contributed by atoms with Gasteiger partial charge in [0.2, 0.25) is 5.91 Å². The van der Waals surface area contributed by atoms with Crippen molar-refractivity contribution in [3.63, 3.8) is 0 Å². The molecular formula is C24H27NO6Si. The van der Waals surface area contributed by atoms with Crippen molar-refractivity contribution >= 4 is 36.3 Å². The molecule has 2 aromatic rings. The SMILES string of the molecule is COc1c2c(c(OC)c3c(O)c4c(cc13)C[C@H]([Si](C)(C)C)C1=C4CN(C)C1=O)C(=O)OC2. The van der Waals surface area contributed by atoms with Crippen molar-refractivity contribution in [3.05, 3.63) is 33.9 Å². The number of nitrogens with zero attached hydrogens (tertiary/aromatic N) is 1. The number of esters is 1. The van der Waals surface area contributed by atoms with E-state index in [0.29, 0.717) is 40.6 Å². The zero-order valence-corrected chi connectivity index (χ0v) is 20.2. The molecule has 8 heteroatoms. The minimum atomic E-state index is -1.74. The molecule has 1 N–H and O–H groups in total. The first kappa shape index (κ1) is 20.9. The summed E-state index contributed by atoms with van der Waals surface area (Å²) in [5, 5.41) is 12.7. The number of fused-ring (bicyclic) bond motifs is 4. The topological polar surface area (TPSA) is 85.3 Å². The fourth-order valence-electron chi connectivity index (χ4n) is 5.53. The van der Waals surface area contributed by atoms with E-state index in [1.807, 2.05) is 6.07 Å². The van der Waals surface area contributed by atoms with E-state index in [1.165, 1.54) is 7.11 Å². The van der Waals surface area contributed by atoms with Gasteiger partial charge in [0.1, 0.15) is 29.4 Å². The van der Waals surface area contributed by atoms with Gasteiger partial charge in [0.15, 0.2) is 0 Å². The van der Waals surface area contributed by atoms with Crippen LogP contribution in [0.1, 0.15) is 27.0 Å². The van der Waals surface area contributed by atoms with Crippen LogP contribution in [0.15, 0.2) is 11.6 Å². The molecule has 1 aliphatic carbocycles. The second-order valence-corrected chi connectivity index (χ2v) is 15.3. The average Bonchev–Trinajstić information content (AvgIpc) is 3.25. The van der Waals surface area contributed by atoms with E-state index >= 15 is 0 Å². The minimum Gasteiger partial charge on any atom is -0.507 e. The number of methoxy groups -OCH3 is 2. The van der Waals surface area contributed by atoms with Crippen molar-refractivity contribution in [2.45, 2.75) is 38.2 Å². The van der Waals surface area contributed by atoms with Gasteiger partial charge >= 0.3 is 5.97 Å². The van der Waals surface area contributed by atoms with Crippen LogP contribution in [0, 0.1) is 0 Å². The molecule has 0 radical (unpaired) electrons. The third-order valence-electron chi connectivity index (χ3n) is 7.03. The fourth-order valence-corrected chi connectivity index (χ4v) is 7.53. The maximum absolute atomic E-state index is 13.1. The first-order chi connectivity index (χ1) is 15.1. The van der Waals surface area contributed by atoms with Gasteiger partial charge in [0.25, 0.3) is 0 Å². The first-order valence-electron chi connectivity index (χ1n) is 10.7. The summed E-state index contributed by atoms with van der Waals surface area (Å²) in [6.07, 6.45) is 0.685. The second kappa shape index (κ2) is 6.75. The largest absolute Gasteiger partial charge is 0.507 e. The molecule has 2 aromatic carbocycles. The van der Waals surface area contributed by atoms with Crippen LogP contribution in [0.3, 0.4) is 0 Å². The van der Waals surface area contributed by atoms with Gasteiger partial charge < -0.3 is 24.2 Å². The van der Waals surface area contributed by atoms with Crippen LogP contribution >= 0.6 is 0 Å². The molecule has 2 aliphatic heterocycles. The van der Waals surface area contributed by atoms with E-state index in [4.69, 9.17) is 14.2 Å². The van der Waals surface area contributed by atoms with Crippen LogP contribution in [-0.2, 0) is 22.6 Å². The predicted molar refractivity (Wildman–Crippen MR) is 123 cm³/mol. The van der Waals surface area contributed by atoms with Gasteiger partial charge in [-0.25, -0.2) is 4.79 Å². The second-order valence-electron chi connectivity index (χ2n) is 9.85. The summed E-state index contributed by atoms with van der Waals surface area (Å²) in [7, 11) is 3.09. The van der Waals surface area contributed by atoms with Gasteiger partial charge in [-0.05, 0) is 29.2 Å². The quantitative estimate of drug-likeness (QED) is 0.563. The summed E-state index contributed by atoms with van der Waals surface area (Å²) in [6.45, 7) is 7.39. The number of hydrogen-bond acceptors (Lipinski definition) is 6. The van der Waals surface area contributed by atoms with E-state index in [2.05, 4.69) is 19.6 Å². The molecule has 1 amide bonds. The van der Waals surface area contributed by atoms with Crippen molar-refractivity contribution in [3.8, 4) is 17.2 Å². The molecule has 5 rings (SSSR count). The lowest BCUT2D eigenvalue weighted by atomic mass is 9.82. The lowest BCUT2D eigenvalue weighted by Crippen LogP contribution is -2.35. The maximum atomic E-state index is 13.1. The van der Waals surface area contributed by atoms with Crippen LogP contribution < -0.4 is 9.47 Å². The van der Waals surface area contributed by atoms with Crippen LogP contribution in [0.25, 0.3) is 16.3 Å². The third kappa shape index (κ3) is 2.59. The van der Waals surface area contributed by atoms with E-state index < -0.39 is 14.0 Å². The molecule has 3 aliphatic rings. The van der Waals surface area contributed by atoms with Gasteiger partial charge in [-0.1, -0.05) is 19.6 Å². The number of amides is 1. The van der Waals surface area contributed by atoms with Crippen molar-refractivity contribution in [1.29, 1.82) is 0 Å². The number of carbonyl (C=O) groups is 2. The molecule has 0 unspecified atom stereocenters. The summed E-state index contributed by atoms with van der Waals surface area (Å²) >= 11 is 0. The van der Waals surface area contributed by atoms with Gasteiger partial charge in [-0.15, -0.1) is 0 Å². The molecule has 7 nitrogen and oxygen atoms in total. The van der Waals surface area contributed by atoms with Crippen molar-refractivity contribution in [2.75, 3.05) is 27.8 Å². The maximum Gasteiger partial charge on any atom is 0.342 e. The van der Waals surface area contributed by atoms with E-state index in [-0.39, 0.29) is 35.1 Å². The van der Waals surface area contributed by atoms with Crippen LogP contribution in [0.2, 0.25) is 25.2 Å². The van der Waals surface area contributed by atoms with Crippen molar-refractivity contribution < 1.29 is 28.9 Å². The summed E-state index contributed by atoms with van der Waals surface area (Å²) in [6, 6.07) is 2.04. The lowest BCUT2D eigenvalue weighted by molar-refractivity contribution is -0.124. The third-order valence-corrected chi connectivity index (χ3v) is 9.62. The summed E-state index contributed by atoms with van der Waals surface area (Å²) in [5.41, 5.74) is 4.48. The minimum absolute atomic E-state index is 0.0276. The molecule has 32 heavy (non-hydrogen) atoms. The smallest absolute Gasteiger partial charge is 0.342 e. The Morgan fingerprint density at radius 3 is 2.44 bits per heavy atom. The number of carbonyl (C=O) groups excluding carboxylic acids is 2. The number of hydrogen-bond donors (Lipinski definition) is 1. The van der Waals surface area contributed by atoms with Gasteiger partial charge in [0, 0.05) is 30.1 Å². The Kier molecular flexibility index (Phi) is 4.40. The number of phenols is 1. The highest BCUT2D eigenvalue weighted by molar-refractivity contribution is 6.78. The normalized spacial score (nSPS) is 19.8. The highest BCUT2D eigenvalue weighted by Crippen LogP contribution is 2.55. The van der Waals surface area contributed by atoms with Gasteiger partial charge in [-0.2, -0.15) is 0 Å². The Morgan fingerprint density at radius 1 is 1.12 bits per heavy atom. The average molecular weight is 454 g/mol. The number of rotatable bonds is 3. The highest BCUT2D eigenvalue weighted by Gasteiger charge is 2.45. The van der Waals surface area contributed by atoms with Crippen molar-refractivity contribution in [2.24, 2.45) is 0 Å². The number of ether oxygens (including phenoxy) is 3. The zero-order valence-electron chi connectivity index (χ0n) is 19.2. The Bertz CT molecular complexity index is 1260. The number of cyclic esters (lactones) is 1. The predicted octanol–water partition coefficient (Wildman–Crippen LogP) is 3.72. The molecule has 1 atom stereocenters. The molecule has 0 aromatic heterocycles. The monoisotopic (exact) mass is 453 g/mol. The highest BCUT2D eigenvalue weighted by atomic mass is 28.3. The van der Waals surface area contributed by atoms with Crippen LogP contribution in [-0.4, -0.2) is 57.8 Å². The number of benzene rings is 2. The van der Waals surface area contributed by atoms with Gasteiger partial charge in [-0.3, -0.25) is 4.79 Å². The molecule has 168 valence electrons. The van der Waals surface area contributed by atoms with Crippen LogP contribution in [0.5, 0.6) is 17.2 Å². The van der Waals surface area contributed by atoms with E-state index in [1.54, 1.807) is 19.1 Å². The Morgan fingerprint density at radius 2 is 1.81 bits per heavy atom. The Hall–Kier alpha value is -3.00. The number of likely N-dealkylation sites (N-methyl/N-ethyl adjacent to an activating group) is 1. The number of aromatic hydroxyl groups is 1. The van der Waals surface area contributed by atoms with Gasteiger partial charge in [0.05, 0.1) is 33.2 Å². The zero-order chi connectivity index (χ0) is 23.1. The molecule has 0 saturated heterocycles. The molecule has 0 bridgehead atoms. The molecular weight excluding hydrogens is 426 g/mol. The molecule has 0 fully saturated rings. The Balaban J connectivity index is 1.91. The standard InChI is InChI=1S/C24H27NO6Si/c1-25-9-13-16-11(8-15(32(4,5)6)17(13)23(25)27)7-12-18(20(16)26)22(30-3)19-14(21(12)29-2)10-31-24(19)28/h7,15,26H,8-10H2,1-6H3/t15-/m0/s1. The Labute approximate surface area is 187 Å². The molecule has 0 spiro atoms. The first-order valence-corrected chi connectivity index (χ1v) is 14.3. The lowest BCUT2D eigenvalue weighted by Gasteiger charge is -2.35. The summed E-state index contributed by atoms with van der Waals surface area (Å²) in [4.78, 5) is 27.3. The van der Waals surface area contributed by atoms with E-state index in [9.17, 15) is 14.7 Å². The van der Waals surface area contributed by atoms with Crippen molar-refractivity contribution in [1.82, 2.24) is 4.90 Å². The number of phenolic OH excluding ortho intramolecular Hbond substituents is 1. The van der Waals surface area contributed by atoms with E-state index in [0.717, 1.165) is 16.7 Å².